The zero-order valence-corrected chi connectivity index (χ0v) is 18.0. The maximum atomic E-state index is 13.5. The molecule has 0 aliphatic carbocycles. The summed E-state index contributed by atoms with van der Waals surface area (Å²) in [5, 5.41) is 0. The van der Waals surface area contributed by atoms with Crippen molar-refractivity contribution in [2.75, 3.05) is 0 Å². The fourth-order valence-corrected chi connectivity index (χ4v) is 3.84. The number of hydrogen-bond donors (Lipinski definition) is 0. The van der Waals surface area contributed by atoms with E-state index < -0.39 is 0 Å². The molecule has 5 nitrogen and oxygen atoms in total. The minimum Gasteiger partial charge on any atom is -0.330 e. The van der Waals surface area contributed by atoms with Gasteiger partial charge in [0.1, 0.15) is 0 Å². The largest absolute Gasteiger partial charge is 0.330 e. The Morgan fingerprint density at radius 3 is 2.15 bits per heavy atom. The highest BCUT2D eigenvalue weighted by Gasteiger charge is 2.18. The van der Waals surface area contributed by atoms with Crippen LogP contribution in [0.4, 0.5) is 0 Å². The summed E-state index contributed by atoms with van der Waals surface area (Å²) in [4.78, 5) is 28.2. The number of carbonyl (C=O) groups is 1. The van der Waals surface area contributed by atoms with Gasteiger partial charge in [-0.1, -0.05) is 60.7 Å². The van der Waals surface area contributed by atoms with Crippen molar-refractivity contribution in [3.8, 4) is 11.1 Å². The van der Waals surface area contributed by atoms with Crippen LogP contribution in [-0.2, 0) is 13.1 Å². The number of benzene rings is 3. The van der Waals surface area contributed by atoms with Gasteiger partial charge >= 0.3 is 0 Å². The van der Waals surface area contributed by atoms with Crippen LogP contribution >= 0.6 is 0 Å². The van der Waals surface area contributed by atoms with Crippen molar-refractivity contribution in [2.24, 2.45) is 0 Å². The normalized spacial score (nSPS) is 10.8. The van der Waals surface area contributed by atoms with Crippen LogP contribution in [0.2, 0.25) is 0 Å². The second-order valence-corrected chi connectivity index (χ2v) is 7.85. The van der Waals surface area contributed by atoms with Crippen molar-refractivity contribution in [3.63, 3.8) is 0 Å². The lowest BCUT2D eigenvalue weighted by molar-refractivity contribution is 0.0730. The Labute approximate surface area is 192 Å². The van der Waals surface area contributed by atoms with Gasteiger partial charge in [0, 0.05) is 43.4 Å². The van der Waals surface area contributed by atoms with Crippen molar-refractivity contribution >= 4 is 16.9 Å². The molecule has 3 aromatic carbocycles. The number of hydrogen-bond acceptors (Lipinski definition) is 4. The molecule has 5 aromatic rings. The lowest BCUT2D eigenvalue weighted by Gasteiger charge is -2.23. The van der Waals surface area contributed by atoms with Gasteiger partial charge in [-0.25, -0.2) is 0 Å². The zero-order valence-electron chi connectivity index (χ0n) is 18.0. The van der Waals surface area contributed by atoms with Crippen LogP contribution in [-0.4, -0.2) is 25.8 Å². The molecule has 0 unspecified atom stereocenters. The van der Waals surface area contributed by atoms with Crippen molar-refractivity contribution in [1.82, 2.24) is 19.9 Å². The molecule has 5 rings (SSSR count). The lowest BCUT2D eigenvalue weighted by atomic mass is 10.0. The van der Waals surface area contributed by atoms with Crippen LogP contribution in [0.15, 0.2) is 110 Å². The molecule has 0 saturated heterocycles. The van der Waals surface area contributed by atoms with E-state index in [9.17, 15) is 4.79 Å². The van der Waals surface area contributed by atoms with Crippen LogP contribution in [0, 0.1) is 0 Å². The van der Waals surface area contributed by atoms with Crippen molar-refractivity contribution < 1.29 is 4.79 Å². The smallest absolute Gasteiger partial charge is 0.254 e. The minimum absolute atomic E-state index is 0.0569. The molecule has 0 N–H and O–H groups in total. The molecule has 2 heterocycles. The average molecular weight is 431 g/mol. The monoisotopic (exact) mass is 430 g/mol. The first kappa shape index (κ1) is 20.5. The topological polar surface area (TPSA) is 59.0 Å². The number of fused-ring (bicyclic) bond motifs is 1. The highest BCUT2D eigenvalue weighted by Crippen LogP contribution is 2.21. The van der Waals surface area contributed by atoms with E-state index in [1.807, 2.05) is 47.4 Å². The number of aromatic nitrogens is 3. The molecule has 1 amide bonds. The van der Waals surface area contributed by atoms with Gasteiger partial charge in [0.05, 0.1) is 11.0 Å². The minimum atomic E-state index is -0.0569. The standard InChI is InChI=1S/C28H22N4O/c33-28(25-12-13-26-27(17-25)31-16-15-30-26)32(20-22-5-4-14-29-18-22)19-21-8-10-24(11-9-21)23-6-2-1-3-7-23/h1-18H,19-20H2. The summed E-state index contributed by atoms with van der Waals surface area (Å²) in [6.07, 6.45) is 6.82. The molecule has 0 atom stereocenters. The van der Waals surface area contributed by atoms with Gasteiger partial charge in [0.15, 0.2) is 0 Å². The second-order valence-electron chi connectivity index (χ2n) is 7.85. The average Bonchev–Trinajstić information content (AvgIpc) is 2.89. The maximum Gasteiger partial charge on any atom is 0.254 e. The van der Waals surface area contributed by atoms with Crippen molar-refractivity contribution in [2.45, 2.75) is 13.1 Å². The predicted molar refractivity (Wildman–Crippen MR) is 129 cm³/mol. The van der Waals surface area contributed by atoms with Gasteiger partial charge < -0.3 is 4.90 Å². The molecule has 0 fully saturated rings. The maximum absolute atomic E-state index is 13.5. The molecule has 160 valence electrons. The van der Waals surface area contributed by atoms with Gasteiger partial charge in [0.25, 0.3) is 5.91 Å². The fourth-order valence-electron chi connectivity index (χ4n) is 3.84. The summed E-state index contributed by atoms with van der Waals surface area (Å²) in [5.74, 6) is -0.0569. The third-order valence-corrected chi connectivity index (χ3v) is 5.53. The van der Waals surface area contributed by atoms with Crippen molar-refractivity contribution in [3.05, 3.63) is 126 Å². The van der Waals surface area contributed by atoms with Gasteiger partial charge in [-0.05, 0) is 46.5 Å². The molecule has 0 aliphatic heterocycles. The number of pyridine rings is 1. The molecular weight excluding hydrogens is 408 g/mol. The highest BCUT2D eigenvalue weighted by molar-refractivity contribution is 5.97. The van der Waals surface area contributed by atoms with E-state index in [-0.39, 0.29) is 5.91 Å². The quantitative estimate of drug-likeness (QED) is 0.355. The Bertz CT molecular complexity index is 1370. The summed E-state index contributed by atoms with van der Waals surface area (Å²) < 4.78 is 0. The Balaban J connectivity index is 1.43. The van der Waals surface area contributed by atoms with Gasteiger partial charge in [0.2, 0.25) is 0 Å². The van der Waals surface area contributed by atoms with E-state index in [0.29, 0.717) is 24.2 Å². The van der Waals surface area contributed by atoms with Crippen molar-refractivity contribution in [1.29, 1.82) is 0 Å². The highest BCUT2D eigenvalue weighted by atomic mass is 16.2. The molecular formula is C28H22N4O. The summed E-state index contributed by atoms with van der Waals surface area (Å²) in [6.45, 7) is 0.951. The Morgan fingerprint density at radius 2 is 1.39 bits per heavy atom. The number of rotatable bonds is 6. The lowest BCUT2D eigenvalue weighted by Crippen LogP contribution is -2.30. The first-order valence-corrected chi connectivity index (χ1v) is 10.8. The first-order chi connectivity index (χ1) is 16.3. The van der Waals surface area contributed by atoms with Crippen LogP contribution in [0.3, 0.4) is 0 Å². The van der Waals surface area contributed by atoms with Crippen LogP contribution < -0.4 is 0 Å². The Morgan fingerprint density at radius 1 is 0.667 bits per heavy atom. The van der Waals surface area contributed by atoms with Gasteiger partial charge in [-0.2, -0.15) is 0 Å². The zero-order chi connectivity index (χ0) is 22.5. The molecule has 0 radical (unpaired) electrons. The van der Waals surface area contributed by atoms with Gasteiger partial charge in [-0.3, -0.25) is 19.7 Å². The van der Waals surface area contributed by atoms with E-state index in [1.54, 1.807) is 30.9 Å². The summed E-state index contributed by atoms with van der Waals surface area (Å²) in [6, 6.07) is 28.0. The van der Waals surface area contributed by atoms with E-state index >= 15 is 0 Å². The predicted octanol–water partition coefficient (Wildman–Crippen LogP) is 5.53. The van der Waals surface area contributed by atoms with Crippen LogP contribution in [0.1, 0.15) is 21.5 Å². The first-order valence-electron chi connectivity index (χ1n) is 10.8. The summed E-state index contributed by atoms with van der Waals surface area (Å²) in [7, 11) is 0. The number of carbonyl (C=O) groups excluding carboxylic acids is 1. The molecule has 0 bridgehead atoms. The fraction of sp³-hybridized carbons (Fsp3) is 0.0714. The number of amides is 1. The molecule has 0 aliphatic rings. The molecule has 0 spiro atoms. The summed E-state index contributed by atoms with van der Waals surface area (Å²) >= 11 is 0. The number of nitrogens with zero attached hydrogens (tertiary/aromatic N) is 4. The molecule has 2 aromatic heterocycles. The van der Waals surface area contributed by atoms with E-state index in [0.717, 1.165) is 22.2 Å². The third-order valence-electron chi connectivity index (χ3n) is 5.53. The van der Waals surface area contributed by atoms with Crippen LogP contribution in [0.5, 0.6) is 0 Å². The SMILES string of the molecule is O=C(c1ccc2nccnc2c1)N(Cc1ccc(-c2ccccc2)cc1)Cc1cccnc1. The Kier molecular flexibility index (Phi) is 5.85. The summed E-state index contributed by atoms with van der Waals surface area (Å²) in [5.41, 5.74) is 6.43. The van der Waals surface area contributed by atoms with E-state index in [4.69, 9.17) is 0 Å². The Hall–Kier alpha value is -4.38. The van der Waals surface area contributed by atoms with Crippen LogP contribution in [0.25, 0.3) is 22.2 Å². The molecule has 33 heavy (non-hydrogen) atoms. The molecule has 0 saturated carbocycles. The second kappa shape index (κ2) is 9.40. The third kappa shape index (κ3) is 4.77. The van der Waals surface area contributed by atoms with E-state index in [1.165, 1.54) is 5.56 Å². The van der Waals surface area contributed by atoms with E-state index in [2.05, 4.69) is 51.4 Å². The van der Waals surface area contributed by atoms with Gasteiger partial charge in [-0.15, -0.1) is 0 Å². The molecule has 5 heteroatoms.